The summed E-state index contributed by atoms with van der Waals surface area (Å²) in [5.74, 6) is 4.12. The molecule has 0 unspecified atom stereocenters. The Labute approximate surface area is 241 Å². The van der Waals surface area contributed by atoms with E-state index in [-0.39, 0.29) is 11.0 Å². The average Bonchev–Trinajstić information content (AvgIpc) is 3.53. The quantitative estimate of drug-likeness (QED) is 0.255. The predicted octanol–water partition coefficient (Wildman–Crippen LogP) is 5.04. The Kier molecular flexibility index (Phi) is 6.24. The summed E-state index contributed by atoms with van der Waals surface area (Å²) >= 11 is 0. The van der Waals surface area contributed by atoms with Gasteiger partial charge in [0.2, 0.25) is 5.95 Å². The van der Waals surface area contributed by atoms with Crippen LogP contribution in [0.25, 0.3) is 5.65 Å². The minimum atomic E-state index is -0.0728. The second-order valence-electron chi connectivity index (χ2n) is 13.4. The maximum Gasteiger partial charge on any atom is 0.270 e. The lowest BCUT2D eigenvalue weighted by atomic mass is 9.49. The van der Waals surface area contributed by atoms with Crippen molar-refractivity contribution < 1.29 is 0 Å². The highest BCUT2D eigenvalue weighted by Crippen LogP contribution is 2.60. The van der Waals surface area contributed by atoms with Crippen LogP contribution >= 0.6 is 0 Å². The van der Waals surface area contributed by atoms with Gasteiger partial charge < -0.3 is 10.6 Å². The summed E-state index contributed by atoms with van der Waals surface area (Å²) in [7, 11) is 0. The van der Waals surface area contributed by atoms with Crippen LogP contribution in [0.5, 0.6) is 0 Å². The molecular weight excluding hydrogens is 508 g/mol. The smallest absolute Gasteiger partial charge is 0.270 e. The molecule has 0 amide bonds. The van der Waals surface area contributed by atoms with Gasteiger partial charge in [0.25, 0.3) is 5.56 Å². The maximum absolute atomic E-state index is 13.3. The third kappa shape index (κ3) is 4.68. The molecule has 4 saturated carbocycles. The van der Waals surface area contributed by atoms with E-state index in [4.69, 9.17) is 9.97 Å². The SMILES string of the molecule is O=c1[nH]n2c(NCCCNC3Cc4ccccc4C3)nc(C34CC5CC(CC(C5)C3)C4)nc2c1Cc1ccccc1. The minimum absolute atomic E-state index is 0.0588. The molecule has 2 aromatic heterocycles. The fourth-order valence-corrected chi connectivity index (χ4v) is 9.00. The maximum atomic E-state index is 13.3. The Morgan fingerprint density at radius 2 is 1.51 bits per heavy atom. The number of aromatic nitrogens is 4. The van der Waals surface area contributed by atoms with E-state index in [1.807, 2.05) is 22.7 Å². The first-order chi connectivity index (χ1) is 20.1. The van der Waals surface area contributed by atoms with E-state index >= 15 is 0 Å². The van der Waals surface area contributed by atoms with Gasteiger partial charge in [-0.15, -0.1) is 0 Å². The fourth-order valence-electron chi connectivity index (χ4n) is 9.00. The van der Waals surface area contributed by atoms with Crippen molar-refractivity contribution in [3.63, 3.8) is 0 Å². The van der Waals surface area contributed by atoms with E-state index < -0.39 is 0 Å². The first kappa shape index (κ1) is 25.3. The van der Waals surface area contributed by atoms with Crippen molar-refractivity contribution in [3.05, 3.63) is 93.0 Å². The molecule has 0 atom stereocenters. The zero-order valence-corrected chi connectivity index (χ0v) is 23.7. The highest BCUT2D eigenvalue weighted by atomic mass is 16.1. The summed E-state index contributed by atoms with van der Waals surface area (Å²) in [6.45, 7) is 1.73. The summed E-state index contributed by atoms with van der Waals surface area (Å²) in [5.41, 5.74) is 5.53. The second-order valence-corrected chi connectivity index (χ2v) is 13.4. The lowest BCUT2D eigenvalue weighted by molar-refractivity contribution is -0.00930. The van der Waals surface area contributed by atoms with Gasteiger partial charge in [0, 0.05) is 24.4 Å². The molecular formula is C34H40N6O. The van der Waals surface area contributed by atoms with Crippen molar-refractivity contribution in [2.24, 2.45) is 17.8 Å². The molecule has 3 N–H and O–H groups in total. The molecule has 7 nitrogen and oxygen atoms in total. The largest absolute Gasteiger partial charge is 0.354 e. The number of H-pyrrole nitrogens is 1. The van der Waals surface area contributed by atoms with E-state index in [0.29, 0.717) is 12.5 Å². The zero-order valence-electron chi connectivity index (χ0n) is 23.7. The van der Waals surface area contributed by atoms with E-state index in [1.165, 1.54) is 49.7 Å². The molecule has 4 aromatic rings. The summed E-state index contributed by atoms with van der Waals surface area (Å²) in [4.78, 5) is 23.7. The summed E-state index contributed by atoms with van der Waals surface area (Å²) < 4.78 is 1.81. The highest BCUT2D eigenvalue weighted by Gasteiger charge is 2.53. The molecule has 0 radical (unpaired) electrons. The Hall–Kier alpha value is -3.45. The fraction of sp³-hybridized carbons (Fsp3) is 0.500. The number of anilines is 1. The second kappa shape index (κ2) is 10.1. The number of fused-ring (bicyclic) bond motifs is 2. The number of aromatic amines is 1. The van der Waals surface area contributed by atoms with Gasteiger partial charge in [-0.25, -0.2) is 9.50 Å². The molecule has 2 aromatic carbocycles. The Morgan fingerprint density at radius 3 is 2.20 bits per heavy atom. The number of hydrogen-bond acceptors (Lipinski definition) is 5. The lowest BCUT2D eigenvalue weighted by Gasteiger charge is -2.55. The molecule has 0 aliphatic heterocycles. The highest BCUT2D eigenvalue weighted by molar-refractivity contribution is 5.53. The van der Waals surface area contributed by atoms with Crippen LogP contribution in [0.1, 0.15) is 73.0 Å². The normalized spacial score (nSPS) is 26.6. The van der Waals surface area contributed by atoms with E-state index in [9.17, 15) is 4.79 Å². The minimum Gasteiger partial charge on any atom is -0.354 e. The number of nitrogens with one attached hydrogen (secondary N) is 3. The first-order valence-electron chi connectivity index (χ1n) is 15.7. The van der Waals surface area contributed by atoms with Crippen molar-refractivity contribution in [1.82, 2.24) is 24.9 Å². The van der Waals surface area contributed by atoms with Crippen LogP contribution in [0.3, 0.4) is 0 Å². The third-order valence-electron chi connectivity index (χ3n) is 10.5. The lowest BCUT2D eigenvalue weighted by Crippen LogP contribution is -2.49. The summed E-state index contributed by atoms with van der Waals surface area (Å²) in [5, 5.41) is 10.4. The molecule has 4 fully saturated rings. The van der Waals surface area contributed by atoms with Gasteiger partial charge in [-0.3, -0.25) is 9.89 Å². The monoisotopic (exact) mass is 548 g/mol. The van der Waals surface area contributed by atoms with Gasteiger partial charge in [0.1, 0.15) is 5.82 Å². The summed E-state index contributed by atoms with van der Waals surface area (Å²) in [6, 6.07) is 19.5. The van der Waals surface area contributed by atoms with Crippen LogP contribution in [0.4, 0.5) is 5.95 Å². The van der Waals surface area contributed by atoms with Crippen LogP contribution in [0.15, 0.2) is 59.4 Å². The standard InChI is InChI=1S/C34H40N6O/c41-31-29(16-22-7-2-1-3-8-22)30-37-32(34-19-23-13-24(20-34)15-25(14-23)21-34)38-33(40(30)39-31)36-12-6-11-35-28-17-26-9-4-5-10-27(26)18-28/h1-5,7-10,23-25,28,35H,6,11-21H2,(H,39,41)(H,36,37,38). The molecule has 7 heteroatoms. The van der Waals surface area contributed by atoms with Crippen molar-refractivity contribution in [2.45, 2.75) is 75.7 Å². The van der Waals surface area contributed by atoms with Crippen molar-refractivity contribution in [3.8, 4) is 0 Å². The Morgan fingerprint density at radius 1 is 0.854 bits per heavy atom. The van der Waals surface area contributed by atoms with Crippen molar-refractivity contribution in [2.75, 3.05) is 18.4 Å². The van der Waals surface area contributed by atoms with E-state index in [1.54, 1.807) is 0 Å². The number of nitrogens with zero attached hydrogens (tertiary/aromatic N) is 3. The first-order valence-corrected chi connectivity index (χ1v) is 15.7. The van der Waals surface area contributed by atoms with Crippen LogP contribution in [-0.2, 0) is 24.7 Å². The topological polar surface area (TPSA) is 87.1 Å². The zero-order chi connectivity index (χ0) is 27.4. The number of benzene rings is 2. The van der Waals surface area contributed by atoms with Crippen LogP contribution < -0.4 is 16.2 Å². The van der Waals surface area contributed by atoms with Crippen LogP contribution in [0.2, 0.25) is 0 Å². The van der Waals surface area contributed by atoms with Gasteiger partial charge >= 0.3 is 0 Å². The molecule has 0 spiro atoms. The van der Waals surface area contributed by atoms with Gasteiger partial charge in [-0.1, -0.05) is 54.6 Å². The number of rotatable bonds is 9. The molecule has 5 aliphatic carbocycles. The Bertz CT molecular complexity index is 1560. The van der Waals surface area contributed by atoms with E-state index in [0.717, 1.165) is 78.7 Å². The van der Waals surface area contributed by atoms with Crippen molar-refractivity contribution >= 4 is 11.6 Å². The molecule has 5 aliphatic rings. The van der Waals surface area contributed by atoms with Crippen molar-refractivity contribution in [1.29, 1.82) is 0 Å². The number of hydrogen-bond donors (Lipinski definition) is 3. The van der Waals surface area contributed by atoms with E-state index in [2.05, 4.69) is 52.1 Å². The molecule has 41 heavy (non-hydrogen) atoms. The molecule has 2 heterocycles. The van der Waals surface area contributed by atoms with Gasteiger partial charge in [-0.2, -0.15) is 4.98 Å². The Balaban J connectivity index is 1.05. The average molecular weight is 549 g/mol. The molecule has 212 valence electrons. The van der Waals surface area contributed by atoms with Crippen LogP contribution in [-0.4, -0.2) is 38.7 Å². The molecule has 0 saturated heterocycles. The predicted molar refractivity (Wildman–Crippen MR) is 161 cm³/mol. The summed E-state index contributed by atoms with van der Waals surface area (Å²) in [6.07, 6.45) is 11.5. The third-order valence-corrected chi connectivity index (χ3v) is 10.5. The molecule has 4 bridgehead atoms. The van der Waals surface area contributed by atoms with Gasteiger partial charge in [0.05, 0.1) is 5.56 Å². The van der Waals surface area contributed by atoms with Crippen LogP contribution in [0, 0.1) is 17.8 Å². The molecule has 9 rings (SSSR count). The van der Waals surface area contributed by atoms with Gasteiger partial charge in [0.15, 0.2) is 5.65 Å². The van der Waals surface area contributed by atoms with Gasteiger partial charge in [-0.05, 0) is 98.8 Å².